The summed E-state index contributed by atoms with van der Waals surface area (Å²) in [5.41, 5.74) is 5.15. The fourth-order valence-corrected chi connectivity index (χ4v) is 1.39. The van der Waals surface area contributed by atoms with Crippen molar-refractivity contribution in [2.24, 2.45) is 7.05 Å². The van der Waals surface area contributed by atoms with E-state index in [0.29, 0.717) is 6.07 Å². The smallest absolute Gasteiger partial charge is 0.258 e. The second-order valence-corrected chi connectivity index (χ2v) is 3.71. The van der Waals surface area contributed by atoms with Gasteiger partial charge in [-0.15, -0.1) is 0 Å². The first-order chi connectivity index (χ1) is 8.47. The molecule has 2 aromatic rings. The molecule has 2 rings (SSSR count). The summed E-state index contributed by atoms with van der Waals surface area (Å²) in [6.45, 7) is 0. The highest BCUT2D eigenvalue weighted by Crippen LogP contribution is 2.21. The highest BCUT2D eigenvalue weighted by atomic mass is 19.1. The van der Waals surface area contributed by atoms with Crippen LogP contribution < -0.4 is 11.1 Å². The number of aromatic nitrogens is 2. The Morgan fingerprint density at radius 2 is 2.11 bits per heavy atom. The fourth-order valence-electron chi connectivity index (χ4n) is 1.39. The molecule has 0 bridgehead atoms. The van der Waals surface area contributed by atoms with Gasteiger partial charge in [0.25, 0.3) is 5.91 Å². The lowest BCUT2D eigenvalue weighted by Crippen LogP contribution is -2.13. The Labute approximate surface area is 101 Å². The molecule has 18 heavy (non-hydrogen) atoms. The van der Waals surface area contributed by atoms with Crippen molar-refractivity contribution in [2.45, 2.75) is 0 Å². The molecule has 3 N–H and O–H groups in total. The van der Waals surface area contributed by atoms with Crippen LogP contribution in [0.4, 0.5) is 20.2 Å². The predicted octanol–water partition coefficient (Wildman–Crippen LogP) is 1.53. The lowest BCUT2D eigenvalue weighted by atomic mass is 10.2. The molecule has 0 saturated carbocycles. The van der Waals surface area contributed by atoms with Crippen LogP contribution in [0.25, 0.3) is 0 Å². The quantitative estimate of drug-likeness (QED) is 0.796. The molecule has 1 heterocycles. The number of rotatable bonds is 2. The van der Waals surface area contributed by atoms with Crippen LogP contribution in [0.5, 0.6) is 0 Å². The van der Waals surface area contributed by atoms with E-state index in [-0.39, 0.29) is 16.9 Å². The van der Waals surface area contributed by atoms with Gasteiger partial charge in [0.1, 0.15) is 11.6 Å². The number of halogens is 2. The SMILES string of the molecule is Cn1cc(C(=O)Nc2cc(N)c(F)cc2F)cn1. The lowest BCUT2D eigenvalue weighted by Gasteiger charge is -2.06. The predicted molar refractivity (Wildman–Crippen MR) is 61.9 cm³/mol. The first kappa shape index (κ1) is 12.0. The molecule has 0 radical (unpaired) electrons. The molecule has 0 spiro atoms. The number of nitrogens with zero attached hydrogens (tertiary/aromatic N) is 2. The van der Waals surface area contributed by atoms with E-state index in [1.807, 2.05) is 0 Å². The maximum absolute atomic E-state index is 13.4. The van der Waals surface area contributed by atoms with E-state index in [4.69, 9.17) is 5.73 Å². The fraction of sp³-hybridized carbons (Fsp3) is 0.0909. The molecule has 0 aliphatic heterocycles. The van der Waals surface area contributed by atoms with Crippen molar-refractivity contribution in [1.29, 1.82) is 0 Å². The number of hydrogen-bond donors (Lipinski definition) is 2. The van der Waals surface area contributed by atoms with Gasteiger partial charge in [0.2, 0.25) is 0 Å². The van der Waals surface area contributed by atoms with Gasteiger partial charge < -0.3 is 11.1 Å². The zero-order chi connectivity index (χ0) is 13.3. The molecule has 0 aliphatic carbocycles. The van der Waals surface area contributed by atoms with Crippen molar-refractivity contribution < 1.29 is 13.6 Å². The van der Waals surface area contributed by atoms with E-state index in [1.165, 1.54) is 17.1 Å². The molecule has 1 aromatic carbocycles. The number of hydrogen-bond acceptors (Lipinski definition) is 3. The van der Waals surface area contributed by atoms with Crippen LogP contribution in [0.15, 0.2) is 24.5 Å². The summed E-state index contributed by atoms with van der Waals surface area (Å²) in [6.07, 6.45) is 2.81. The van der Waals surface area contributed by atoms with Gasteiger partial charge in [0.05, 0.1) is 23.1 Å². The highest BCUT2D eigenvalue weighted by Gasteiger charge is 2.13. The van der Waals surface area contributed by atoms with E-state index in [2.05, 4.69) is 10.4 Å². The number of amides is 1. The Hall–Kier alpha value is -2.44. The van der Waals surface area contributed by atoms with Gasteiger partial charge in [0.15, 0.2) is 0 Å². The molecule has 5 nitrogen and oxygen atoms in total. The summed E-state index contributed by atoms with van der Waals surface area (Å²) in [5.74, 6) is -2.31. The average Bonchev–Trinajstić information content (AvgIpc) is 2.73. The van der Waals surface area contributed by atoms with Gasteiger partial charge >= 0.3 is 0 Å². The van der Waals surface area contributed by atoms with E-state index in [0.717, 1.165) is 6.07 Å². The minimum atomic E-state index is -0.890. The van der Waals surface area contributed by atoms with Crippen LogP contribution in [-0.2, 0) is 7.05 Å². The summed E-state index contributed by atoms with van der Waals surface area (Å²) in [7, 11) is 1.65. The summed E-state index contributed by atoms with van der Waals surface area (Å²) in [4.78, 5) is 11.7. The molecule has 0 saturated heterocycles. The van der Waals surface area contributed by atoms with Crippen LogP contribution in [0, 0.1) is 11.6 Å². The maximum Gasteiger partial charge on any atom is 0.258 e. The number of anilines is 2. The second kappa shape index (κ2) is 4.44. The molecule has 0 aliphatic rings. The summed E-state index contributed by atoms with van der Waals surface area (Å²) < 4.78 is 27.7. The molecule has 0 unspecified atom stereocenters. The van der Waals surface area contributed by atoms with Gasteiger partial charge in [-0.2, -0.15) is 5.10 Å². The zero-order valence-corrected chi connectivity index (χ0v) is 9.45. The summed E-state index contributed by atoms with van der Waals surface area (Å²) in [6, 6.07) is 1.65. The first-order valence-corrected chi connectivity index (χ1v) is 5.02. The number of carbonyl (C=O) groups excluding carboxylic acids is 1. The van der Waals surface area contributed by atoms with Gasteiger partial charge in [-0.25, -0.2) is 8.78 Å². The van der Waals surface area contributed by atoms with Crippen LogP contribution >= 0.6 is 0 Å². The van der Waals surface area contributed by atoms with Crippen LogP contribution in [-0.4, -0.2) is 15.7 Å². The normalized spacial score (nSPS) is 10.4. The molecule has 94 valence electrons. The molecule has 1 amide bonds. The summed E-state index contributed by atoms with van der Waals surface area (Å²) in [5, 5.41) is 6.10. The highest BCUT2D eigenvalue weighted by molar-refractivity contribution is 6.04. The zero-order valence-electron chi connectivity index (χ0n) is 9.45. The molecule has 7 heteroatoms. The molecule has 0 fully saturated rings. The first-order valence-electron chi connectivity index (χ1n) is 5.02. The van der Waals surface area contributed by atoms with Crippen LogP contribution in [0.3, 0.4) is 0 Å². The third kappa shape index (κ3) is 2.29. The Bertz CT molecular complexity index is 609. The second-order valence-electron chi connectivity index (χ2n) is 3.71. The van der Waals surface area contributed by atoms with Crippen molar-refractivity contribution >= 4 is 17.3 Å². The Morgan fingerprint density at radius 3 is 2.72 bits per heavy atom. The molecular formula is C11H10F2N4O. The Balaban J connectivity index is 2.24. The van der Waals surface area contributed by atoms with Gasteiger partial charge in [-0.3, -0.25) is 9.48 Å². The van der Waals surface area contributed by atoms with E-state index >= 15 is 0 Å². The van der Waals surface area contributed by atoms with Crippen LogP contribution in [0.2, 0.25) is 0 Å². The minimum Gasteiger partial charge on any atom is -0.396 e. The van der Waals surface area contributed by atoms with Crippen molar-refractivity contribution in [3.05, 3.63) is 41.7 Å². The number of carbonyl (C=O) groups is 1. The molecule has 0 atom stereocenters. The van der Waals surface area contributed by atoms with Crippen LogP contribution in [0.1, 0.15) is 10.4 Å². The summed E-state index contributed by atoms with van der Waals surface area (Å²) >= 11 is 0. The number of benzene rings is 1. The average molecular weight is 252 g/mol. The van der Waals surface area contributed by atoms with Crippen molar-refractivity contribution in [3.63, 3.8) is 0 Å². The Kier molecular flexibility index (Phi) is 2.97. The van der Waals surface area contributed by atoms with Gasteiger partial charge in [-0.05, 0) is 6.07 Å². The topological polar surface area (TPSA) is 72.9 Å². The van der Waals surface area contributed by atoms with E-state index in [1.54, 1.807) is 7.05 Å². The molecule has 1 aromatic heterocycles. The third-order valence-electron chi connectivity index (χ3n) is 2.30. The third-order valence-corrected chi connectivity index (χ3v) is 2.30. The maximum atomic E-state index is 13.4. The van der Waals surface area contributed by atoms with E-state index < -0.39 is 17.5 Å². The number of nitrogen functional groups attached to an aromatic ring is 1. The van der Waals surface area contributed by atoms with Crippen molar-refractivity contribution in [2.75, 3.05) is 11.1 Å². The number of aryl methyl sites for hydroxylation is 1. The number of nitrogens with two attached hydrogens (primary N) is 1. The van der Waals surface area contributed by atoms with Gasteiger partial charge in [0, 0.05) is 19.3 Å². The molecular weight excluding hydrogens is 242 g/mol. The Morgan fingerprint density at radius 1 is 1.39 bits per heavy atom. The van der Waals surface area contributed by atoms with Crippen molar-refractivity contribution in [1.82, 2.24) is 9.78 Å². The monoisotopic (exact) mass is 252 g/mol. The standard InChI is InChI=1S/C11H10F2N4O/c1-17-5-6(4-15-17)11(18)16-10-3-9(14)7(12)2-8(10)13/h2-5H,14H2,1H3,(H,16,18). The lowest BCUT2D eigenvalue weighted by molar-refractivity contribution is 0.102. The van der Waals surface area contributed by atoms with Crippen molar-refractivity contribution in [3.8, 4) is 0 Å². The minimum absolute atomic E-state index is 0.178. The largest absolute Gasteiger partial charge is 0.396 e. The van der Waals surface area contributed by atoms with Gasteiger partial charge in [-0.1, -0.05) is 0 Å². The number of nitrogens with one attached hydrogen (secondary N) is 1. The van der Waals surface area contributed by atoms with E-state index in [9.17, 15) is 13.6 Å².